The molecule has 0 saturated carbocycles. The van der Waals surface area contributed by atoms with Crippen LogP contribution in [0.4, 0.5) is 0 Å². The van der Waals surface area contributed by atoms with E-state index in [2.05, 4.69) is 6.58 Å². The topological polar surface area (TPSA) is 37.4 Å². The highest BCUT2D eigenvalue weighted by Gasteiger charge is 2.14. The van der Waals surface area contributed by atoms with Gasteiger partial charge in [-0.1, -0.05) is 36.4 Å². The van der Waals surface area contributed by atoms with E-state index in [9.17, 15) is 9.59 Å². The van der Waals surface area contributed by atoms with Gasteiger partial charge in [0.15, 0.2) is 0 Å². The predicted molar refractivity (Wildman–Crippen MR) is 72.0 cm³/mol. The van der Waals surface area contributed by atoms with Gasteiger partial charge in [0.05, 0.1) is 6.42 Å². The van der Waals surface area contributed by atoms with E-state index in [1.807, 2.05) is 30.3 Å². The van der Waals surface area contributed by atoms with Crippen LogP contribution in [0.2, 0.25) is 0 Å². The molecule has 0 radical (unpaired) electrons. The number of hydrogen-bond donors (Lipinski definition) is 0. The second-order valence-electron chi connectivity index (χ2n) is 4.26. The van der Waals surface area contributed by atoms with E-state index < -0.39 is 0 Å². The summed E-state index contributed by atoms with van der Waals surface area (Å²) in [6.45, 7) is 6.24. The van der Waals surface area contributed by atoms with Crippen molar-refractivity contribution in [3.63, 3.8) is 0 Å². The van der Waals surface area contributed by atoms with Crippen LogP contribution in [0, 0.1) is 0 Å². The third-order valence-corrected chi connectivity index (χ3v) is 2.57. The normalized spacial score (nSPS) is 9.83. The van der Waals surface area contributed by atoms with Gasteiger partial charge < -0.3 is 4.90 Å². The Morgan fingerprint density at radius 1 is 1.28 bits per heavy atom. The van der Waals surface area contributed by atoms with Gasteiger partial charge in [-0.2, -0.15) is 0 Å². The number of carbonyl (C=O) groups excluding carboxylic acids is 2. The van der Waals surface area contributed by atoms with Crippen LogP contribution < -0.4 is 0 Å². The maximum Gasteiger partial charge on any atom is 0.230 e. The van der Waals surface area contributed by atoms with Gasteiger partial charge in [-0.05, 0) is 18.9 Å². The molecule has 0 aliphatic carbocycles. The van der Waals surface area contributed by atoms with Gasteiger partial charge in [0.1, 0.15) is 5.78 Å². The highest BCUT2D eigenvalue weighted by Crippen LogP contribution is 2.07. The lowest BCUT2D eigenvalue weighted by Gasteiger charge is -2.21. The van der Waals surface area contributed by atoms with E-state index in [0.29, 0.717) is 13.1 Å². The summed E-state index contributed by atoms with van der Waals surface area (Å²) < 4.78 is 0. The largest absolute Gasteiger partial charge is 0.338 e. The van der Waals surface area contributed by atoms with Crippen LogP contribution in [0.5, 0.6) is 0 Å². The molecule has 0 spiro atoms. The summed E-state index contributed by atoms with van der Waals surface area (Å²) in [5, 5.41) is 0. The van der Waals surface area contributed by atoms with Crippen molar-refractivity contribution in [2.45, 2.75) is 26.3 Å². The van der Waals surface area contributed by atoms with E-state index in [0.717, 1.165) is 12.0 Å². The second-order valence-corrected chi connectivity index (χ2v) is 4.26. The number of nitrogens with zero attached hydrogens (tertiary/aromatic N) is 1. The van der Waals surface area contributed by atoms with Crippen LogP contribution in [-0.4, -0.2) is 23.1 Å². The summed E-state index contributed by atoms with van der Waals surface area (Å²) in [6, 6.07) is 9.77. The second kappa shape index (κ2) is 7.43. The summed E-state index contributed by atoms with van der Waals surface area (Å²) in [6.07, 6.45) is 2.49. The Kier molecular flexibility index (Phi) is 5.85. The van der Waals surface area contributed by atoms with Gasteiger partial charge in [-0.25, -0.2) is 0 Å². The summed E-state index contributed by atoms with van der Waals surface area (Å²) in [5.74, 6) is -0.218. The Morgan fingerprint density at radius 3 is 2.50 bits per heavy atom. The van der Waals surface area contributed by atoms with Crippen molar-refractivity contribution >= 4 is 11.7 Å². The van der Waals surface area contributed by atoms with E-state index in [1.54, 1.807) is 11.0 Å². The lowest BCUT2D eigenvalue weighted by Crippen LogP contribution is -2.32. The fourth-order valence-corrected chi connectivity index (χ4v) is 1.67. The molecule has 0 heterocycles. The predicted octanol–water partition coefficient (Wildman–Crippen LogP) is 2.57. The zero-order valence-corrected chi connectivity index (χ0v) is 10.8. The molecule has 18 heavy (non-hydrogen) atoms. The van der Waals surface area contributed by atoms with Crippen LogP contribution in [0.3, 0.4) is 0 Å². The average Bonchev–Trinajstić information content (AvgIpc) is 2.34. The van der Waals surface area contributed by atoms with E-state index in [-0.39, 0.29) is 18.1 Å². The zero-order valence-electron chi connectivity index (χ0n) is 10.8. The van der Waals surface area contributed by atoms with Crippen molar-refractivity contribution in [1.29, 1.82) is 0 Å². The van der Waals surface area contributed by atoms with Gasteiger partial charge in [0, 0.05) is 13.1 Å². The summed E-state index contributed by atoms with van der Waals surface area (Å²) in [7, 11) is 0. The Bertz CT molecular complexity index is 412. The molecule has 0 aliphatic rings. The van der Waals surface area contributed by atoms with Crippen LogP contribution in [0.25, 0.3) is 0 Å². The molecule has 3 heteroatoms. The molecule has 1 aromatic rings. The van der Waals surface area contributed by atoms with Crippen LogP contribution in [-0.2, 0) is 16.1 Å². The molecule has 0 fully saturated rings. The molecule has 0 bridgehead atoms. The first-order valence-electron chi connectivity index (χ1n) is 6.05. The molecule has 0 atom stereocenters. The zero-order chi connectivity index (χ0) is 13.4. The fraction of sp³-hybridized carbons (Fsp3) is 0.333. The van der Waals surface area contributed by atoms with Crippen molar-refractivity contribution in [2.75, 3.05) is 6.54 Å². The Labute approximate surface area is 108 Å². The minimum absolute atomic E-state index is 0.0238. The summed E-state index contributed by atoms with van der Waals surface area (Å²) in [4.78, 5) is 24.7. The third-order valence-electron chi connectivity index (χ3n) is 2.57. The standard InChI is InChI=1S/C15H19NO2/c1-3-4-10-16(15(18)11-13(2)17)12-14-8-6-5-7-9-14/h3,5-9H,1,4,10-12H2,2H3. The fourth-order valence-electron chi connectivity index (χ4n) is 1.67. The molecule has 1 aromatic carbocycles. The Morgan fingerprint density at radius 2 is 1.94 bits per heavy atom. The molecule has 0 unspecified atom stereocenters. The molecular weight excluding hydrogens is 226 g/mol. The van der Waals surface area contributed by atoms with Gasteiger partial charge in [-0.3, -0.25) is 9.59 Å². The molecule has 0 aromatic heterocycles. The summed E-state index contributed by atoms with van der Waals surface area (Å²) >= 11 is 0. The molecule has 3 nitrogen and oxygen atoms in total. The smallest absolute Gasteiger partial charge is 0.230 e. The maximum absolute atomic E-state index is 11.9. The number of amides is 1. The van der Waals surface area contributed by atoms with Crippen molar-refractivity contribution in [2.24, 2.45) is 0 Å². The van der Waals surface area contributed by atoms with Crippen LogP contribution in [0.15, 0.2) is 43.0 Å². The third kappa shape index (κ3) is 4.95. The van der Waals surface area contributed by atoms with E-state index in [4.69, 9.17) is 0 Å². The lowest BCUT2D eigenvalue weighted by atomic mass is 10.2. The number of hydrogen-bond acceptors (Lipinski definition) is 2. The minimum Gasteiger partial charge on any atom is -0.338 e. The number of rotatable bonds is 7. The Balaban J connectivity index is 2.68. The molecule has 0 aliphatic heterocycles. The summed E-state index contributed by atoms with van der Waals surface area (Å²) in [5.41, 5.74) is 1.07. The van der Waals surface area contributed by atoms with Gasteiger partial charge in [0.25, 0.3) is 0 Å². The first-order valence-corrected chi connectivity index (χ1v) is 6.05. The first-order chi connectivity index (χ1) is 8.63. The lowest BCUT2D eigenvalue weighted by molar-refractivity contribution is -0.135. The van der Waals surface area contributed by atoms with Crippen LogP contribution in [0.1, 0.15) is 25.3 Å². The monoisotopic (exact) mass is 245 g/mol. The van der Waals surface area contributed by atoms with Gasteiger partial charge >= 0.3 is 0 Å². The van der Waals surface area contributed by atoms with E-state index in [1.165, 1.54) is 6.92 Å². The number of carbonyl (C=O) groups is 2. The van der Waals surface area contributed by atoms with Crippen molar-refractivity contribution in [3.05, 3.63) is 48.6 Å². The number of ketones is 1. The first kappa shape index (κ1) is 14.2. The van der Waals surface area contributed by atoms with Gasteiger partial charge in [-0.15, -0.1) is 6.58 Å². The average molecular weight is 245 g/mol. The number of benzene rings is 1. The minimum atomic E-state index is -0.117. The SMILES string of the molecule is C=CCCN(Cc1ccccc1)C(=O)CC(C)=O. The highest BCUT2D eigenvalue weighted by molar-refractivity contribution is 5.96. The van der Waals surface area contributed by atoms with Crippen LogP contribution >= 0.6 is 0 Å². The van der Waals surface area contributed by atoms with Crippen molar-refractivity contribution in [1.82, 2.24) is 4.90 Å². The van der Waals surface area contributed by atoms with Crippen molar-refractivity contribution in [3.8, 4) is 0 Å². The molecule has 0 N–H and O–H groups in total. The molecule has 1 amide bonds. The Hall–Kier alpha value is -1.90. The molecule has 1 rings (SSSR count). The van der Waals surface area contributed by atoms with Crippen molar-refractivity contribution < 1.29 is 9.59 Å². The van der Waals surface area contributed by atoms with E-state index >= 15 is 0 Å². The quantitative estimate of drug-likeness (QED) is 0.547. The number of Topliss-reactive ketones (excluding diaryl/α,β-unsaturated/α-hetero) is 1. The maximum atomic E-state index is 11.9. The molecule has 96 valence electrons. The van der Waals surface area contributed by atoms with Gasteiger partial charge in [0.2, 0.25) is 5.91 Å². The molecule has 0 saturated heterocycles. The highest BCUT2D eigenvalue weighted by atomic mass is 16.2. The molecular formula is C15H19NO2.